The number of hydrogen-bond acceptors (Lipinski definition) is 9. The van der Waals surface area contributed by atoms with Gasteiger partial charge in [-0.15, -0.1) is 0 Å². The van der Waals surface area contributed by atoms with E-state index >= 15 is 0 Å². The number of hydrogen-bond donors (Lipinski definition) is 1. The molecule has 1 aliphatic rings. The van der Waals surface area contributed by atoms with E-state index in [1.165, 1.54) is 31.5 Å². The zero-order valence-electron chi connectivity index (χ0n) is 23.5. The normalized spacial score (nSPS) is 14.9. The molecule has 3 heterocycles. The van der Waals surface area contributed by atoms with E-state index in [1.807, 2.05) is 26.2 Å². The molecule has 42 heavy (non-hydrogen) atoms. The van der Waals surface area contributed by atoms with Crippen molar-refractivity contribution in [3.05, 3.63) is 84.2 Å². The first-order valence-electron chi connectivity index (χ1n) is 13.3. The highest BCUT2D eigenvalue weighted by Crippen LogP contribution is 2.35. The van der Waals surface area contributed by atoms with Gasteiger partial charge in [0.1, 0.15) is 17.3 Å². The summed E-state index contributed by atoms with van der Waals surface area (Å²) in [6.07, 6.45) is 4.61. The second kappa shape index (κ2) is 12.7. The number of nitrogens with zero attached hydrogens (tertiary/aromatic N) is 6. The van der Waals surface area contributed by atoms with E-state index in [2.05, 4.69) is 36.1 Å². The Morgan fingerprint density at radius 2 is 2.10 bits per heavy atom. The molecular formula is C31H30FN7O3. The number of aromatic nitrogens is 3. The van der Waals surface area contributed by atoms with Crippen molar-refractivity contribution in [2.24, 2.45) is 0 Å². The van der Waals surface area contributed by atoms with Gasteiger partial charge in [-0.2, -0.15) is 5.26 Å². The number of methoxy groups -OCH3 is 1. The molecule has 1 aliphatic heterocycles. The van der Waals surface area contributed by atoms with Crippen molar-refractivity contribution in [2.75, 3.05) is 57.7 Å². The number of nitrogens with one attached hydrogen (secondary N) is 1. The molecule has 5 rings (SSSR count). The Labute approximate surface area is 243 Å². The minimum absolute atomic E-state index is 0.0332. The molecule has 1 atom stereocenters. The van der Waals surface area contributed by atoms with Crippen LogP contribution in [0, 0.1) is 17.1 Å². The van der Waals surface area contributed by atoms with Gasteiger partial charge in [-0.1, -0.05) is 12.1 Å². The average molecular weight is 568 g/mol. The third kappa shape index (κ3) is 6.20. The molecule has 0 spiro atoms. The summed E-state index contributed by atoms with van der Waals surface area (Å²) < 4.78 is 26.0. The first-order chi connectivity index (χ1) is 20.4. The lowest BCUT2D eigenvalue weighted by Crippen LogP contribution is -2.46. The Morgan fingerprint density at radius 1 is 1.24 bits per heavy atom. The molecule has 2 aromatic carbocycles. The lowest BCUT2D eigenvalue weighted by Gasteiger charge is -2.36. The first kappa shape index (κ1) is 28.6. The number of carbonyl (C=O) groups is 1. The number of carbonyl (C=O) groups excluding carboxylic acids is 1. The predicted molar refractivity (Wildman–Crippen MR) is 157 cm³/mol. The molecule has 4 aromatic rings. The Morgan fingerprint density at radius 3 is 2.88 bits per heavy atom. The molecular weight excluding hydrogens is 537 g/mol. The summed E-state index contributed by atoms with van der Waals surface area (Å²) in [6, 6.07) is 15.4. The number of ether oxygens (including phenoxy) is 2. The highest BCUT2D eigenvalue weighted by Gasteiger charge is 2.25. The number of nitriles is 1. The molecule has 214 valence electrons. The van der Waals surface area contributed by atoms with Crippen LogP contribution < -0.4 is 15.0 Å². The van der Waals surface area contributed by atoms with Crippen LogP contribution >= 0.6 is 0 Å². The van der Waals surface area contributed by atoms with Crippen LogP contribution in [0.25, 0.3) is 22.5 Å². The van der Waals surface area contributed by atoms with Gasteiger partial charge in [0.25, 0.3) is 5.91 Å². The summed E-state index contributed by atoms with van der Waals surface area (Å²) in [5.41, 5.74) is 3.44. The van der Waals surface area contributed by atoms with Gasteiger partial charge in [0.05, 0.1) is 48.4 Å². The molecule has 10 nitrogen and oxygen atoms in total. The van der Waals surface area contributed by atoms with Crippen molar-refractivity contribution in [3.63, 3.8) is 0 Å². The monoisotopic (exact) mass is 567 g/mol. The zero-order chi connectivity index (χ0) is 29.6. The minimum Gasteiger partial charge on any atom is -0.496 e. The Bertz CT molecular complexity index is 1640. The highest BCUT2D eigenvalue weighted by atomic mass is 19.1. The molecule has 1 amide bonds. The smallest absolute Gasteiger partial charge is 0.274 e. The first-order valence-corrected chi connectivity index (χ1v) is 13.3. The largest absolute Gasteiger partial charge is 0.496 e. The fourth-order valence-electron chi connectivity index (χ4n) is 4.93. The van der Waals surface area contributed by atoms with Gasteiger partial charge in [0.2, 0.25) is 0 Å². The van der Waals surface area contributed by atoms with Gasteiger partial charge < -0.3 is 24.6 Å². The van der Waals surface area contributed by atoms with Crippen LogP contribution in [0.2, 0.25) is 0 Å². The van der Waals surface area contributed by atoms with Crippen molar-refractivity contribution >= 4 is 17.3 Å². The summed E-state index contributed by atoms with van der Waals surface area (Å²) in [4.78, 5) is 30.5. The van der Waals surface area contributed by atoms with Crippen molar-refractivity contribution in [3.8, 4) is 34.3 Å². The molecule has 2 aromatic heterocycles. The summed E-state index contributed by atoms with van der Waals surface area (Å²) in [5.74, 6) is -0.748. The van der Waals surface area contributed by atoms with Crippen LogP contribution in [0.3, 0.4) is 0 Å². The van der Waals surface area contributed by atoms with E-state index in [0.717, 1.165) is 17.8 Å². The quantitative estimate of drug-likeness (QED) is 0.334. The lowest BCUT2D eigenvalue weighted by atomic mass is 10.0. The number of anilines is 2. The highest BCUT2D eigenvalue weighted by molar-refractivity contribution is 6.05. The number of benzene rings is 2. The molecule has 0 bridgehead atoms. The van der Waals surface area contributed by atoms with Crippen molar-refractivity contribution in [2.45, 2.75) is 6.10 Å². The van der Waals surface area contributed by atoms with Crippen molar-refractivity contribution in [1.29, 1.82) is 5.26 Å². The van der Waals surface area contributed by atoms with Crippen LogP contribution in [0.1, 0.15) is 16.1 Å². The van der Waals surface area contributed by atoms with E-state index in [4.69, 9.17) is 9.47 Å². The van der Waals surface area contributed by atoms with Gasteiger partial charge in [-0.3, -0.25) is 9.78 Å². The zero-order valence-corrected chi connectivity index (χ0v) is 23.5. The van der Waals surface area contributed by atoms with E-state index in [9.17, 15) is 14.4 Å². The number of pyridine rings is 1. The van der Waals surface area contributed by atoms with Crippen LogP contribution in [-0.2, 0) is 4.74 Å². The molecule has 0 aliphatic carbocycles. The maximum atomic E-state index is 14.7. The lowest BCUT2D eigenvalue weighted by molar-refractivity contribution is 0.0248. The standard InChI is InChI=1S/C31H30FN7O3/c1-38(2)18-22-19-39(13-14-42-22)27-15-20(23-17-34-11-9-21(23)16-33)7-8-25(27)37-31(40)26-10-12-35-30(36-26)29-24(32)5-4-6-28(29)41-3/h4-12,15,17,22H,13-14,18-19H2,1-3H3,(H,37,40)/t22-/m0/s1. The van der Waals surface area contributed by atoms with Crippen molar-refractivity contribution < 1.29 is 18.7 Å². The summed E-state index contributed by atoms with van der Waals surface area (Å²) in [7, 11) is 5.42. The summed E-state index contributed by atoms with van der Waals surface area (Å²) >= 11 is 0. The van der Waals surface area contributed by atoms with Crippen LogP contribution in [0.15, 0.2) is 67.1 Å². The van der Waals surface area contributed by atoms with E-state index in [-0.39, 0.29) is 28.9 Å². The molecule has 1 N–H and O–H groups in total. The van der Waals surface area contributed by atoms with Crippen LogP contribution in [0.5, 0.6) is 5.75 Å². The molecule has 1 saturated heterocycles. The summed E-state index contributed by atoms with van der Waals surface area (Å²) in [5, 5.41) is 12.6. The maximum absolute atomic E-state index is 14.7. The molecule has 11 heteroatoms. The van der Waals surface area contributed by atoms with Crippen LogP contribution in [0.4, 0.5) is 15.8 Å². The van der Waals surface area contributed by atoms with Gasteiger partial charge >= 0.3 is 0 Å². The van der Waals surface area contributed by atoms with E-state index in [0.29, 0.717) is 36.5 Å². The number of amides is 1. The van der Waals surface area contributed by atoms with Gasteiger partial charge in [-0.25, -0.2) is 14.4 Å². The average Bonchev–Trinajstić information content (AvgIpc) is 3.01. The van der Waals surface area contributed by atoms with Crippen LogP contribution in [-0.4, -0.2) is 79.3 Å². The second-order valence-electron chi connectivity index (χ2n) is 10.0. The Kier molecular flexibility index (Phi) is 8.66. The second-order valence-corrected chi connectivity index (χ2v) is 10.0. The molecule has 0 saturated carbocycles. The minimum atomic E-state index is -0.559. The molecule has 0 radical (unpaired) electrons. The maximum Gasteiger partial charge on any atom is 0.274 e. The predicted octanol–water partition coefficient (Wildman–Crippen LogP) is 4.24. The number of likely N-dealkylation sites (N-methyl/N-ethyl adjacent to an activating group) is 1. The topological polar surface area (TPSA) is 116 Å². The fraction of sp³-hybridized carbons (Fsp3) is 0.258. The van der Waals surface area contributed by atoms with Crippen molar-refractivity contribution in [1.82, 2.24) is 19.9 Å². The SMILES string of the molecule is COc1cccc(F)c1-c1nccc(C(=O)Nc2ccc(-c3cnccc3C#N)cc2N2CCO[C@@H](CN(C)C)C2)n1. The van der Waals surface area contributed by atoms with Gasteiger partial charge in [-0.05, 0) is 56.1 Å². The number of halogens is 1. The fourth-order valence-corrected chi connectivity index (χ4v) is 4.93. The van der Waals surface area contributed by atoms with E-state index in [1.54, 1.807) is 30.6 Å². The molecule has 1 fully saturated rings. The Hall–Kier alpha value is -4.92. The third-order valence-electron chi connectivity index (χ3n) is 6.85. The van der Waals surface area contributed by atoms with E-state index < -0.39 is 11.7 Å². The van der Waals surface area contributed by atoms with Gasteiger partial charge in [0.15, 0.2) is 5.82 Å². The molecule has 0 unspecified atom stereocenters. The Balaban J connectivity index is 1.50. The number of rotatable bonds is 8. The van der Waals surface area contributed by atoms with Gasteiger partial charge in [0, 0.05) is 43.8 Å². The number of morpholine rings is 1. The third-order valence-corrected chi connectivity index (χ3v) is 6.85. The summed E-state index contributed by atoms with van der Waals surface area (Å²) in [6.45, 7) is 2.47.